The average molecular weight is 621 g/mol. The van der Waals surface area contributed by atoms with Crippen molar-refractivity contribution < 1.29 is 34.2 Å². The van der Waals surface area contributed by atoms with Gasteiger partial charge < -0.3 is 48.7 Å². The number of benzene rings is 1. The number of hydrogen-bond donors (Lipinski definition) is 9. The Bertz CT molecular complexity index is 1140. The number of hydrogen-bond acceptors (Lipinski definition) is 8. The summed E-state index contributed by atoms with van der Waals surface area (Å²) in [6.45, 7) is 7.00. The number of nitrogens with zero attached hydrogens (tertiary/aromatic N) is 1. The highest BCUT2D eigenvalue weighted by molar-refractivity contribution is 5.95. The van der Waals surface area contributed by atoms with E-state index in [0.717, 1.165) is 0 Å². The number of aliphatic imine (C=N–C) groups is 1. The van der Waals surface area contributed by atoms with Crippen LogP contribution in [0.25, 0.3) is 0 Å². The van der Waals surface area contributed by atoms with Crippen molar-refractivity contribution in [3.05, 3.63) is 29.8 Å². The van der Waals surface area contributed by atoms with Crippen LogP contribution in [0, 0.1) is 11.8 Å². The Morgan fingerprint density at radius 1 is 0.886 bits per heavy atom. The molecule has 0 aliphatic rings. The Morgan fingerprint density at radius 3 is 2.05 bits per heavy atom. The van der Waals surface area contributed by atoms with Gasteiger partial charge in [0.15, 0.2) is 5.96 Å². The van der Waals surface area contributed by atoms with Gasteiger partial charge in [-0.1, -0.05) is 46.2 Å². The second kappa shape index (κ2) is 19.0. The number of carbonyl (C=O) groups excluding carboxylic acids is 4. The van der Waals surface area contributed by atoms with Gasteiger partial charge in [-0.05, 0) is 48.8 Å². The fourth-order valence-corrected chi connectivity index (χ4v) is 4.21. The van der Waals surface area contributed by atoms with Crippen LogP contribution in [0.4, 0.5) is 0 Å². The van der Waals surface area contributed by atoms with Gasteiger partial charge in [0.2, 0.25) is 23.6 Å². The number of carboxylic acids is 1. The molecule has 44 heavy (non-hydrogen) atoms. The van der Waals surface area contributed by atoms with Crippen LogP contribution in [0.3, 0.4) is 0 Å². The van der Waals surface area contributed by atoms with E-state index in [1.807, 2.05) is 20.8 Å². The summed E-state index contributed by atoms with van der Waals surface area (Å²) in [6.07, 6.45) is 1.48. The molecule has 0 radical (unpaired) electrons. The summed E-state index contributed by atoms with van der Waals surface area (Å²) in [5.41, 5.74) is 17.2. The first-order valence-electron chi connectivity index (χ1n) is 14.6. The first-order chi connectivity index (χ1) is 20.6. The monoisotopic (exact) mass is 620 g/mol. The molecule has 0 unspecified atom stereocenters. The fourth-order valence-electron chi connectivity index (χ4n) is 4.21. The van der Waals surface area contributed by atoms with Gasteiger partial charge in [-0.2, -0.15) is 0 Å². The lowest BCUT2D eigenvalue weighted by molar-refractivity contribution is -0.138. The largest absolute Gasteiger partial charge is 0.508 e. The van der Waals surface area contributed by atoms with E-state index in [4.69, 9.17) is 22.3 Å². The maximum absolute atomic E-state index is 13.5. The summed E-state index contributed by atoms with van der Waals surface area (Å²) in [6, 6.07) is 1.81. The van der Waals surface area contributed by atoms with Crippen molar-refractivity contribution in [1.82, 2.24) is 21.3 Å². The minimum atomic E-state index is -1.26. The topological polar surface area (TPSA) is 264 Å². The summed E-state index contributed by atoms with van der Waals surface area (Å²) in [4.78, 5) is 67.6. The summed E-state index contributed by atoms with van der Waals surface area (Å²) in [7, 11) is 0. The molecule has 1 aromatic rings. The number of aromatic hydroxyl groups is 1. The number of phenols is 1. The lowest BCUT2D eigenvalue weighted by atomic mass is 9.96. The predicted molar refractivity (Wildman–Crippen MR) is 165 cm³/mol. The number of nitrogens with one attached hydrogen (secondary N) is 4. The SMILES string of the molecule is CC[C@H](C)[C@H](NC(=O)[C@@H](N)CCCN=C(N)N)C(=O)N[C@@H](CC(C)C)C(=O)N[C@@H](Cc1ccc(O)cc1)C(=O)NCC(=O)O. The van der Waals surface area contributed by atoms with E-state index >= 15 is 0 Å². The average Bonchev–Trinajstić information content (AvgIpc) is 2.95. The third kappa shape index (κ3) is 14.2. The number of amides is 4. The molecular weight excluding hydrogens is 572 g/mol. The predicted octanol–water partition coefficient (Wildman–Crippen LogP) is -0.937. The van der Waals surface area contributed by atoms with Gasteiger partial charge in [0.25, 0.3) is 0 Å². The van der Waals surface area contributed by atoms with Crippen molar-refractivity contribution in [2.75, 3.05) is 13.1 Å². The van der Waals surface area contributed by atoms with Crippen molar-refractivity contribution in [3.8, 4) is 5.75 Å². The van der Waals surface area contributed by atoms with Gasteiger partial charge in [0.1, 0.15) is 30.4 Å². The molecule has 246 valence electrons. The van der Waals surface area contributed by atoms with Crippen LogP contribution in [0.2, 0.25) is 0 Å². The Balaban J connectivity index is 3.10. The van der Waals surface area contributed by atoms with Gasteiger partial charge in [-0.3, -0.25) is 29.0 Å². The van der Waals surface area contributed by atoms with Gasteiger partial charge in [-0.25, -0.2) is 0 Å². The number of aliphatic carboxylic acids is 1. The zero-order valence-electron chi connectivity index (χ0n) is 25.8. The molecule has 0 aromatic heterocycles. The van der Waals surface area contributed by atoms with Crippen LogP contribution in [-0.2, 0) is 30.4 Å². The molecular formula is C29H48N8O7. The second-order valence-electron chi connectivity index (χ2n) is 11.2. The van der Waals surface area contributed by atoms with Crippen LogP contribution in [0.1, 0.15) is 58.9 Å². The third-order valence-electron chi connectivity index (χ3n) is 6.86. The number of phenolic OH excluding ortho intramolecular Hbond substituents is 1. The summed E-state index contributed by atoms with van der Waals surface area (Å²) in [5.74, 6) is -4.19. The Morgan fingerprint density at radius 2 is 1.50 bits per heavy atom. The van der Waals surface area contributed by atoms with E-state index in [0.29, 0.717) is 24.9 Å². The summed E-state index contributed by atoms with van der Waals surface area (Å²) in [5, 5.41) is 28.9. The molecule has 0 spiro atoms. The van der Waals surface area contributed by atoms with E-state index in [9.17, 15) is 29.1 Å². The van der Waals surface area contributed by atoms with E-state index < -0.39 is 60.3 Å². The summed E-state index contributed by atoms with van der Waals surface area (Å²) >= 11 is 0. The normalized spacial score (nSPS) is 14.3. The van der Waals surface area contributed by atoms with Crippen molar-refractivity contribution in [1.29, 1.82) is 0 Å². The Labute approximate surface area is 257 Å². The Hall–Kier alpha value is -4.40. The molecule has 1 aromatic carbocycles. The molecule has 0 saturated carbocycles. The fraction of sp³-hybridized carbons (Fsp3) is 0.586. The highest BCUT2D eigenvalue weighted by Gasteiger charge is 2.33. The Kier molecular flexibility index (Phi) is 16.2. The smallest absolute Gasteiger partial charge is 0.322 e. The van der Waals surface area contributed by atoms with E-state index in [1.165, 1.54) is 12.1 Å². The molecule has 15 heteroatoms. The molecule has 15 nitrogen and oxygen atoms in total. The first kappa shape index (κ1) is 37.6. The van der Waals surface area contributed by atoms with Gasteiger partial charge in [-0.15, -0.1) is 0 Å². The molecule has 12 N–H and O–H groups in total. The highest BCUT2D eigenvalue weighted by Crippen LogP contribution is 2.14. The van der Waals surface area contributed by atoms with Gasteiger partial charge in [0, 0.05) is 13.0 Å². The van der Waals surface area contributed by atoms with Gasteiger partial charge >= 0.3 is 5.97 Å². The molecule has 0 aliphatic carbocycles. The van der Waals surface area contributed by atoms with Crippen LogP contribution < -0.4 is 38.5 Å². The maximum Gasteiger partial charge on any atom is 0.322 e. The zero-order valence-corrected chi connectivity index (χ0v) is 25.8. The van der Waals surface area contributed by atoms with Crippen LogP contribution in [-0.4, -0.2) is 83.0 Å². The standard InChI is InChI=1S/C29H48N8O7/c1-5-17(4)24(37-25(41)20(30)7-6-12-33-29(31)32)28(44)36-21(13-16(2)3)27(43)35-22(26(42)34-15-23(39)40)14-18-8-10-19(38)11-9-18/h8-11,16-17,20-22,24,38H,5-7,12-15,30H2,1-4H3,(H,34,42)(H,35,43)(H,36,44)(H,37,41)(H,39,40)(H4,31,32,33)/t17-,20-,21-,22-,24-/m0/s1. The van der Waals surface area contributed by atoms with E-state index in [1.54, 1.807) is 19.1 Å². The van der Waals surface area contributed by atoms with Crippen LogP contribution in [0.15, 0.2) is 29.3 Å². The minimum Gasteiger partial charge on any atom is -0.508 e. The zero-order chi connectivity index (χ0) is 33.4. The quantitative estimate of drug-likeness (QED) is 0.0520. The highest BCUT2D eigenvalue weighted by atomic mass is 16.4. The second-order valence-corrected chi connectivity index (χ2v) is 11.2. The van der Waals surface area contributed by atoms with Crippen LogP contribution in [0.5, 0.6) is 5.75 Å². The number of carbonyl (C=O) groups is 5. The lowest BCUT2D eigenvalue weighted by Crippen LogP contribution is -2.59. The maximum atomic E-state index is 13.5. The van der Waals surface area contributed by atoms with Crippen molar-refractivity contribution in [3.63, 3.8) is 0 Å². The lowest BCUT2D eigenvalue weighted by Gasteiger charge is -2.29. The third-order valence-corrected chi connectivity index (χ3v) is 6.86. The molecule has 1 rings (SSSR count). The summed E-state index contributed by atoms with van der Waals surface area (Å²) < 4.78 is 0. The number of carboxylic acid groups (broad SMARTS) is 1. The van der Waals surface area contributed by atoms with Crippen LogP contribution >= 0.6 is 0 Å². The number of guanidine groups is 1. The molecule has 5 atom stereocenters. The van der Waals surface area contributed by atoms with Crippen molar-refractivity contribution >= 4 is 35.6 Å². The number of nitrogens with two attached hydrogens (primary N) is 3. The number of rotatable bonds is 19. The molecule has 0 fully saturated rings. The first-order valence-corrected chi connectivity index (χ1v) is 14.6. The minimum absolute atomic E-state index is 0.00750. The molecule has 0 heterocycles. The van der Waals surface area contributed by atoms with Crippen molar-refractivity contribution in [2.24, 2.45) is 34.0 Å². The molecule has 0 saturated heterocycles. The molecule has 4 amide bonds. The van der Waals surface area contributed by atoms with Crippen molar-refractivity contribution in [2.45, 2.75) is 84.0 Å². The molecule has 0 bridgehead atoms. The van der Waals surface area contributed by atoms with E-state index in [2.05, 4.69) is 26.3 Å². The van der Waals surface area contributed by atoms with Gasteiger partial charge in [0.05, 0.1) is 6.04 Å². The van der Waals surface area contributed by atoms with E-state index in [-0.39, 0.29) is 42.8 Å². The molecule has 0 aliphatic heterocycles.